The molecule has 0 bridgehead atoms. The van der Waals surface area contributed by atoms with Crippen molar-refractivity contribution in [3.05, 3.63) is 157 Å². The maximum Gasteiger partial charge on any atom is 0.160 e. The van der Waals surface area contributed by atoms with Crippen molar-refractivity contribution >= 4 is 66.7 Å². The SMILES string of the molecule is C=Cc1c(/C=C\C)oc2c1ccc1c3ccccc3n(-c3cc(C#N)ccc3-c3ccccc3-n3c4ccccc4c4ccccc43)c12. The van der Waals surface area contributed by atoms with Crippen LogP contribution in [-0.2, 0) is 0 Å². The van der Waals surface area contributed by atoms with Crippen molar-refractivity contribution in [2.24, 2.45) is 0 Å². The molecule has 0 aliphatic heterocycles. The van der Waals surface area contributed by atoms with Gasteiger partial charge in [0.25, 0.3) is 0 Å². The molecular weight excluding hydrogens is 587 g/mol. The molecule has 0 aliphatic rings. The van der Waals surface area contributed by atoms with E-state index in [1.54, 1.807) is 0 Å². The van der Waals surface area contributed by atoms with E-state index in [2.05, 4.69) is 137 Å². The van der Waals surface area contributed by atoms with Crippen molar-refractivity contribution in [3.8, 4) is 28.6 Å². The molecule has 0 N–H and O–H groups in total. The summed E-state index contributed by atoms with van der Waals surface area (Å²) >= 11 is 0. The molecule has 9 aromatic rings. The predicted octanol–water partition coefficient (Wildman–Crippen LogP) is 11.8. The Morgan fingerprint density at radius 1 is 0.625 bits per heavy atom. The van der Waals surface area contributed by atoms with Gasteiger partial charge in [-0.1, -0.05) is 104 Å². The second-order valence-corrected chi connectivity index (χ2v) is 12.0. The quantitative estimate of drug-likeness (QED) is 0.193. The monoisotopic (exact) mass is 615 g/mol. The van der Waals surface area contributed by atoms with Crippen LogP contribution in [0.4, 0.5) is 0 Å². The summed E-state index contributed by atoms with van der Waals surface area (Å²) in [6.45, 7) is 6.10. The van der Waals surface area contributed by atoms with Crippen LogP contribution in [0, 0.1) is 11.3 Å². The maximum atomic E-state index is 10.2. The van der Waals surface area contributed by atoms with Gasteiger partial charge in [-0.25, -0.2) is 0 Å². The molecule has 3 aromatic heterocycles. The van der Waals surface area contributed by atoms with Crippen LogP contribution >= 0.6 is 0 Å². The number of nitrogens with zero attached hydrogens (tertiary/aromatic N) is 3. The average Bonchev–Trinajstić information content (AvgIpc) is 3.79. The fraction of sp³-hybridized carbons (Fsp3) is 0.0227. The number of para-hydroxylation sites is 4. The van der Waals surface area contributed by atoms with Gasteiger partial charge in [0.2, 0.25) is 0 Å². The number of nitriles is 1. The van der Waals surface area contributed by atoms with Crippen LogP contribution in [0.1, 0.15) is 23.8 Å². The molecule has 48 heavy (non-hydrogen) atoms. The minimum absolute atomic E-state index is 0.585. The number of furan rings is 1. The third-order valence-electron chi connectivity index (χ3n) is 9.46. The van der Waals surface area contributed by atoms with Crippen molar-refractivity contribution in [1.82, 2.24) is 9.13 Å². The summed E-state index contributed by atoms with van der Waals surface area (Å²) in [6, 6.07) is 46.9. The van der Waals surface area contributed by atoms with Gasteiger partial charge in [-0.2, -0.15) is 5.26 Å². The maximum absolute atomic E-state index is 10.2. The lowest BCUT2D eigenvalue weighted by atomic mass is 9.99. The molecule has 0 amide bonds. The molecule has 0 radical (unpaired) electrons. The largest absolute Gasteiger partial charge is 0.454 e. The molecule has 0 unspecified atom stereocenters. The topological polar surface area (TPSA) is 46.8 Å². The van der Waals surface area contributed by atoms with Crippen LogP contribution in [0.15, 0.2) is 144 Å². The molecule has 0 aliphatic carbocycles. The molecule has 0 saturated carbocycles. The fourth-order valence-corrected chi connectivity index (χ4v) is 7.47. The minimum atomic E-state index is 0.585. The highest BCUT2D eigenvalue weighted by Gasteiger charge is 2.23. The van der Waals surface area contributed by atoms with Gasteiger partial charge >= 0.3 is 0 Å². The molecule has 0 atom stereocenters. The minimum Gasteiger partial charge on any atom is -0.454 e. The first-order chi connectivity index (χ1) is 23.7. The van der Waals surface area contributed by atoms with E-state index in [-0.39, 0.29) is 0 Å². The number of hydrogen-bond donors (Lipinski definition) is 0. The van der Waals surface area contributed by atoms with Crippen LogP contribution in [0.3, 0.4) is 0 Å². The summed E-state index contributed by atoms with van der Waals surface area (Å²) in [5.74, 6) is 0.773. The first kappa shape index (κ1) is 27.7. The molecule has 4 heteroatoms. The molecule has 9 rings (SSSR count). The van der Waals surface area contributed by atoms with Crippen molar-refractivity contribution < 1.29 is 4.42 Å². The first-order valence-electron chi connectivity index (χ1n) is 16.1. The smallest absolute Gasteiger partial charge is 0.160 e. The Balaban J connectivity index is 1.43. The van der Waals surface area contributed by atoms with Gasteiger partial charge in [-0.15, -0.1) is 0 Å². The lowest BCUT2D eigenvalue weighted by Crippen LogP contribution is -2.02. The molecular formula is C44H29N3O. The Morgan fingerprint density at radius 3 is 1.88 bits per heavy atom. The van der Waals surface area contributed by atoms with E-state index in [1.807, 2.05) is 37.3 Å². The van der Waals surface area contributed by atoms with Gasteiger partial charge < -0.3 is 13.6 Å². The number of allylic oxidation sites excluding steroid dienone is 1. The van der Waals surface area contributed by atoms with Crippen LogP contribution in [0.25, 0.3) is 89.2 Å². The summed E-state index contributed by atoms with van der Waals surface area (Å²) in [5.41, 5.74) is 10.7. The van der Waals surface area contributed by atoms with E-state index in [0.717, 1.165) is 77.6 Å². The van der Waals surface area contributed by atoms with Crippen LogP contribution in [0.5, 0.6) is 0 Å². The standard InChI is InChI=1S/C44H29N3O/c1-3-13-42-29(4-2)36-25-24-35-33-17-8-12-21-40(33)47(43(35)44(36)48-42)41-26-28(27-45)22-23-34(41)32-16-7-11-20-39(32)46-37-18-9-5-14-30(37)31-15-6-10-19-38(31)46/h3-26H,2H2,1H3/b13-3-. The van der Waals surface area contributed by atoms with Gasteiger partial charge in [-0.05, 0) is 55.5 Å². The van der Waals surface area contributed by atoms with Crippen LogP contribution < -0.4 is 0 Å². The lowest BCUT2D eigenvalue weighted by molar-refractivity contribution is 0.605. The van der Waals surface area contributed by atoms with Crippen molar-refractivity contribution in [1.29, 1.82) is 5.26 Å². The molecule has 226 valence electrons. The summed E-state index contributed by atoms with van der Waals surface area (Å²) < 4.78 is 11.3. The average molecular weight is 616 g/mol. The Morgan fingerprint density at radius 2 is 1.21 bits per heavy atom. The molecule has 0 fully saturated rings. The Hall–Kier alpha value is -6.57. The molecule has 3 heterocycles. The molecule has 4 nitrogen and oxygen atoms in total. The fourth-order valence-electron chi connectivity index (χ4n) is 7.47. The van der Waals surface area contributed by atoms with E-state index in [1.165, 1.54) is 10.8 Å². The first-order valence-corrected chi connectivity index (χ1v) is 16.1. The van der Waals surface area contributed by atoms with Gasteiger partial charge in [-0.3, -0.25) is 0 Å². The summed E-state index contributed by atoms with van der Waals surface area (Å²) in [6.07, 6.45) is 5.83. The number of hydrogen-bond acceptors (Lipinski definition) is 2. The third kappa shape index (κ3) is 3.89. The number of aromatic nitrogens is 2. The third-order valence-corrected chi connectivity index (χ3v) is 9.46. The van der Waals surface area contributed by atoms with E-state index in [9.17, 15) is 5.26 Å². The molecule has 0 saturated heterocycles. The second kappa shape index (κ2) is 10.8. The second-order valence-electron chi connectivity index (χ2n) is 12.0. The van der Waals surface area contributed by atoms with Crippen molar-refractivity contribution in [3.63, 3.8) is 0 Å². The predicted molar refractivity (Wildman–Crippen MR) is 200 cm³/mol. The zero-order valence-corrected chi connectivity index (χ0v) is 26.3. The zero-order valence-electron chi connectivity index (χ0n) is 26.3. The van der Waals surface area contributed by atoms with E-state index >= 15 is 0 Å². The van der Waals surface area contributed by atoms with Gasteiger partial charge in [0.05, 0.1) is 45.1 Å². The molecule has 6 aromatic carbocycles. The van der Waals surface area contributed by atoms with Gasteiger partial charge in [0, 0.05) is 43.6 Å². The number of benzene rings is 6. The summed E-state index contributed by atoms with van der Waals surface area (Å²) in [7, 11) is 0. The van der Waals surface area contributed by atoms with Crippen LogP contribution in [-0.4, -0.2) is 9.13 Å². The van der Waals surface area contributed by atoms with Crippen molar-refractivity contribution in [2.45, 2.75) is 6.92 Å². The number of fused-ring (bicyclic) bond motifs is 8. The molecule has 0 spiro atoms. The van der Waals surface area contributed by atoms with E-state index < -0.39 is 0 Å². The highest BCUT2D eigenvalue weighted by molar-refractivity contribution is 6.19. The van der Waals surface area contributed by atoms with Gasteiger partial charge in [0.15, 0.2) is 5.58 Å². The highest BCUT2D eigenvalue weighted by Crippen LogP contribution is 2.43. The van der Waals surface area contributed by atoms with Crippen LogP contribution in [0.2, 0.25) is 0 Å². The Labute approximate surface area is 277 Å². The summed E-state index contributed by atoms with van der Waals surface area (Å²) in [4.78, 5) is 0. The van der Waals surface area contributed by atoms with E-state index in [0.29, 0.717) is 5.56 Å². The number of rotatable bonds is 5. The highest BCUT2D eigenvalue weighted by atomic mass is 16.3. The van der Waals surface area contributed by atoms with E-state index in [4.69, 9.17) is 4.42 Å². The normalized spacial score (nSPS) is 11.8. The summed E-state index contributed by atoms with van der Waals surface area (Å²) in [5, 5.41) is 15.8. The zero-order chi connectivity index (χ0) is 32.4. The van der Waals surface area contributed by atoms with Gasteiger partial charge in [0.1, 0.15) is 5.76 Å². The lowest BCUT2D eigenvalue weighted by Gasteiger charge is -2.19. The Kier molecular flexibility index (Phi) is 6.21. The Bertz CT molecular complexity index is 2780. The van der Waals surface area contributed by atoms with Crippen molar-refractivity contribution in [2.75, 3.05) is 0 Å².